The second kappa shape index (κ2) is 6.55. The van der Waals surface area contributed by atoms with Crippen molar-refractivity contribution in [1.29, 1.82) is 0 Å². The average molecular weight is 351 g/mol. The SMILES string of the molecule is O=C(O)C1NCC2CCC1(C(=O)N(c1ccccc1)c1ccccc1)N2. The second-order valence-corrected chi connectivity index (χ2v) is 6.84. The van der Waals surface area contributed by atoms with Crippen molar-refractivity contribution in [3.63, 3.8) is 0 Å². The number of carbonyl (C=O) groups is 2. The summed E-state index contributed by atoms with van der Waals surface area (Å²) in [4.78, 5) is 27.3. The normalized spacial score (nSPS) is 27.1. The Kier molecular flexibility index (Phi) is 4.22. The Labute approximate surface area is 151 Å². The summed E-state index contributed by atoms with van der Waals surface area (Å²) in [5.74, 6) is -1.25. The van der Waals surface area contributed by atoms with Crippen molar-refractivity contribution in [3.05, 3.63) is 60.7 Å². The summed E-state index contributed by atoms with van der Waals surface area (Å²) >= 11 is 0. The number of nitrogens with zero attached hydrogens (tertiary/aromatic N) is 1. The highest BCUT2D eigenvalue weighted by Gasteiger charge is 2.57. The average Bonchev–Trinajstić information content (AvgIpc) is 3.01. The van der Waals surface area contributed by atoms with Crippen LogP contribution in [0.25, 0.3) is 0 Å². The minimum absolute atomic E-state index is 0.114. The predicted octanol–water partition coefficient (Wildman–Crippen LogP) is 1.90. The van der Waals surface area contributed by atoms with E-state index in [0.29, 0.717) is 13.0 Å². The van der Waals surface area contributed by atoms with Gasteiger partial charge in [-0.2, -0.15) is 0 Å². The lowest BCUT2D eigenvalue weighted by molar-refractivity contribution is -0.146. The first kappa shape index (κ1) is 16.8. The smallest absolute Gasteiger partial charge is 0.323 e. The first-order valence-corrected chi connectivity index (χ1v) is 8.80. The first-order valence-electron chi connectivity index (χ1n) is 8.80. The summed E-state index contributed by atoms with van der Waals surface area (Å²) in [6.45, 7) is 0.558. The molecule has 2 aliphatic heterocycles. The molecule has 2 saturated heterocycles. The monoisotopic (exact) mass is 351 g/mol. The first-order chi connectivity index (χ1) is 12.6. The molecule has 3 atom stereocenters. The Hall–Kier alpha value is -2.70. The van der Waals surface area contributed by atoms with Crippen LogP contribution < -0.4 is 15.5 Å². The number of carbonyl (C=O) groups excluding carboxylic acids is 1. The number of carboxylic acid groups (broad SMARTS) is 1. The minimum atomic E-state index is -1.15. The highest BCUT2D eigenvalue weighted by atomic mass is 16.4. The van der Waals surface area contributed by atoms with E-state index in [1.165, 1.54) is 0 Å². The van der Waals surface area contributed by atoms with Crippen LogP contribution in [-0.2, 0) is 9.59 Å². The van der Waals surface area contributed by atoms with E-state index in [9.17, 15) is 14.7 Å². The van der Waals surface area contributed by atoms with Gasteiger partial charge in [0.05, 0.1) is 0 Å². The van der Waals surface area contributed by atoms with E-state index >= 15 is 0 Å². The molecular formula is C20H21N3O3. The molecule has 2 heterocycles. The number of amides is 1. The van der Waals surface area contributed by atoms with Crippen molar-refractivity contribution in [3.8, 4) is 0 Å². The number of para-hydroxylation sites is 2. The number of nitrogens with one attached hydrogen (secondary N) is 2. The molecule has 3 unspecified atom stereocenters. The molecule has 2 aromatic carbocycles. The van der Waals surface area contributed by atoms with Gasteiger partial charge >= 0.3 is 5.97 Å². The molecule has 2 fully saturated rings. The number of rotatable bonds is 4. The number of anilines is 2. The highest BCUT2D eigenvalue weighted by Crippen LogP contribution is 2.36. The fourth-order valence-electron chi connectivity index (χ4n) is 4.05. The molecule has 0 aromatic heterocycles. The third-order valence-corrected chi connectivity index (χ3v) is 5.27. The second-order valence-electron chi connectivity index (χ2n) is 6.84. The van der Waals surface area contributed by atoms with E-state index in [1.807, 2.05) is 60.7 Å². The van der Waals surface area contributed by atoms with E-state index in [-0.39, 0.29) is 11.9 Å². The van der Waals surface area contributed by atoms with Crippen LogP contribution in [0.4, 0.5) is 11.4 Å². The van der Waals surface area contributed by atoms with Crippen LogP contribution in [0.3, 0.4) is 0 Å². The number of carboxylic acids is 1. The van der Waals surface area contributed by atoms with Crippen molar-refractivity contribution in [2.45, 2.75) is 30.5 Å². The van der Waals surface area contributed by atoms with Gasteiger partial charge in [0.1, 0.15) is 11.6 Å². The summed E-state index contributed by atoms with van der Waals surface area (Å²) in [6.07, 6.45) is 1.27. The van der Waals surface area contributed by atoms with Crippen molar-refractivity contribution in [2.24, 2.45) is 0 Å². The van der Waals surface area contributed by atoms with E-state index in [4.69, 9.17) is 0 Å². The maximum absolute atomic E-state index is 13.8. The van der Waals surface area contributed by atoms with Crippen LogP contribution in [0.15, 0.2) is 60.7 Å². The Bertz CT molecular complexity index is 772. The molecule has 3 N–H and O–H groups in total. The fourth-order valence-corrected chi connectivity index (χ4v) is 4.05. The van der Waals surface area contributed by atoms with Gasteiger partial charge in [0, 0.05) is 24.0 Å². The Balaban J connectivity index is 1.80. The predicted molar refractivity (Wildman–Crippen MR) is 98.3 cm³/mol. The summed E-state index contributed by atoms with van der Waals surface area (Å²) in [5, 5.41) is 16.1. The number of benzene rings is 2. The Morgan fingerprint density at radius 3 is 2.12 bits per heavy atom. The molecule has 6 heteroatoms. The highest BCUT2D eigenvalue weighted by molar-refractivity contribution is 6.09. The molecule has 1 amide bonds. The molecule has 134 valence electrons. The van der Waals surface area contributed by atoms with Gasteiger partial charge in [-0.3, -0.25) is 19.8 Å². The molecule has 0 aliphatic carbocycles. The third-order valence-electron chi connectivity index (χ3n) is 5.27. The molecule has 0 spiro atoms. The fraction of sp³-hybridized carbons (Fsp3) is 0.300. The standard InChI is InChI=1S/C20H21N3O3/c24-18(25)17-20(12-11-14(22-20)13-21-17)19(26)23(15-7-3-1-4-8-15)16-9-5-2-6-10-16/h1-10,14,17,21-22H,11-13H2,(H,24,25). The maximum atomic E-state index is 13.8. The zero-order chi connectivity index (χ0) is 18.1. The lowest BCUT2D eigenvalue weighted by Crippen LogP contribution is -2.72. The van der Waals surface area contributed by atoms with E-state index in [2.05, 4.69) is 10.6 Å². The summed E-state index contributed by atoms with van der Waals surface area (Å²) in [5.41, 5.74) is 0.288. The molecule has 0 saturated carbocycles. The molecule has 2 aliphatic rings. The summed E-state index contributed by atoms with van der Waals surface area (Å²) in [7, 11) is 0. The van der Waals surface area contributed by atoms with Crippen LogP contribution in [0.5, 0.6) is 0 Å². The molecule has 2 bridgehead atoms. The van der Waals surface area contributed by atoms with Crippen LogP contribution in [0, 0.1) is 0 Å². The molecule has 26 heavy (non-hydrogen) atoms. The Morgan fingerprint density at radius 1 is 1.00 bits per heavy atom. The lowest BCUT2D eigenvalue weighted by Gasteiger charge is -2.42. The van der Waals surface area contributed by atoms with Crippen LogP contribution in [0.2, 0.25) is 0 Å². The molecule has 6 nitrogen and oxygen atoms in total. The van der Waals surface area contributed by atoms with Gasteiger partial charge < -0.3 is 10.4 Å². The zero-order valence-corrected chi connectivity index (χ0v) is 14.3. The molecule has 2 aromatic rings. The van der Waals surface area contributed by atoms with Crippen LogP contribution >= 0.6 is 0 Å². The van der Waals surface area contributed by atoms with Crippen molar-refractivity contribution < 1.29 is 14.7 Å². The van der Waals surface area contributed by atoms with Gasteiger partial charge in [0.2, 0.25) is 0 Å². The number of hydrogen-bond donors (Lipinski definition) is 3. The molecular weight excluding hydrogens is 330 g/mol. The number of fused-ring (bicyclic) bond motifs is 2. The van der Waals surface area contributed by atoms with Gasteiger partial charge in [-0.25, -0.2) is 0 Å². The molecule has 0 radical (unpaired) electrons. The van der Waals surface area contributed by atoms with E-state index in [1.54, 1.807) is 4.90 Å². The van der Waals surface area contributed by atoms with Gasteiger partial charge in [0.25, 0.3) is 5.91 Å². The van der Waals surface area contributed by atoms with Gasteiger partial charge in [0.15, 0.2) is 0 Å². The molecule has 4 rings (SSSR count). The lowest BCUT2D eigenvalue weighted by atomic mass is 9.86. The van der Waals surface area contributed by atoms with Gasteiger partial charge in [-0.1, -0.05) is 36.4 Å². The van der Waals surface area contributed by atoms with E-state index in [0.717, 1.165) is 17.8 Å². The van der Waals surface area contributed by atoms with Gasteiger partial charge in [-0.15, -0.1) is 0 Å². The topological polar surface area (TPSA) is 81.7 Å². The largest absolute Gasteiger partial charge is 0.480 e. The van der Waals surface area contributed by atoms with Gasteiger partial charge in [-0.05, 0) is 37.1 Å². The van der Waals surface area contributed by atoms with Crippen molar-refractivity contribution in [2.75, 3.05) is 11.4 Å². The number of piperazine rings is 1. The Morgan fingerprint density at radius 2 is 1.58 bits per heavy atom. The summed E-state index contributed by atoms with van der Waals surface area (Å²) < 4.78 is 0. The van der Waals surface area contributed by atoms with Crippen molar-refractivity contribution in [1.82, 2.24) is 10.6 Å². The maximum Gasteiger partial charge on any atom is 0.323 e. The minimum Gasteiger partial charge on any atom is -0.480 e. The number of aliphatic carboxylic acids is 1. The third kappa shape index (κ3) is 2.67. The van der Waals surface area contributed by atoms with Crippen molar-refractivity contribution >= 4 is 23.3 Å². The van der Waals surface area contributed by atoms with Crippen LogP contribution in [0.1, 0.15) is 12.8 Å². The quantitative estimate of drug-likeness (QED) is 0.784. The van der Waals surface area contributed by atoms with Crippen LogP contribution in [-0.4, -0.2) is 41.2 Å². The zero-order valence-electron chi connectivity index (χ0n) is 14.3. The summed E-state index contributed by atoms with van der Waals surface area (Å²) in [6, 6.07) is 17.9. The van der Waals surface area contributed by atoms with E-state index < -0.39 is 17.6 Å². The number of hydrogen-bond acceptors (Lipinski definition) is 4.